The summed E-state index contributed by atoms with van der Waals surface area (Å²) < 4.78 is 5.85. The zero-order chi connectivity index (χ0) is 42.0. The van der Waals surface area contributed by atoms with Crippen LogP contribution in [0.15, 0.2) is 12.1 Å². The number of aliphatic carboxylic acids is 1. The highest BCUT2D eigenvalue weighted by atomic mass is 16.5. The first-order chi connectivity index (χ1) is 27.5. The number of carbonyl (C=O) groups is 2. The molecular formula is C52H94O5. The summed E-state index contributed by atoms with van der Waals surface area (Å²) in [5, 5.41) is 21.8. The number of hydrogen-bond donors (Lipinski definition) is 2. The largest absolute Gasteiger partial charge is 0.507 e. The minimum atomic E-state index is -1.64. The molecule has 0 amide bonds. The van der Waals surface area contributed by atoms with E-state index in [1.54, 1.807) is 0 Å². The standard InChI is InChI=1S/C52H94O5/c1-7-10-12-14-16-18-20-22-24-26-28-30-32-34-36-38-40-52(49(54)55,44-45-42-46(9-3)48(53)47(43-45)51(4,5)6)50(56)57-41-39-37-35-33-31-29-27-25-23-21-19-17-15-13-11-8-2/h42-43,53H,7-41,44H2,1-6H3,(H,54,55). The van der Waals surface area contributed by atoms with Crippen molar-refractivity contribution in [3.63, 3.8) is 0 Å². The summed E-state index contributed by atoms with van der Waals surface area (Å²) >= 11 is 0. The van der Waals surface area contributed by atoms with Crippen molar-refractivity contribution in [1.82, 2.24) is 0 Å². The second kappa shape index (κ2) is 33.8. The lowest BCUT2D eigenvalue weighted by molar-refractivity contribution is -0.169. The molecule has 5 heteroatoms. The van der Waals surface area contributed by atoms with Gasteiger partial charge in [0.25, 0.3) is 0 Å². The van der Waals surface area contributed by atoms with Crippen LogP contribution in [-0.2, 0) is 32.6 Å². The summed E-state index contributed by atoms with van der Waals surface area (Å²) in [6.07, 6.45) is 41.4. The van der Waals surface area contributed by atoms with Crippen LogP contribution < -0.4 is 0 Å². The SMILES string of the molecule is CCCCCCCCCCCCCCCCCCOC(=O)C(CCCCCCCCCCCCCCCCCC)(Cc1cc(CC)c(O)c(C(C)(C)C)c1)C(=O)O. The molecule has 0 aromatic heterocycles. The number of aromatic hydroxyl groups is 1. The molecule has 0 heterocycles. The van der Waals surface area contributed by atoms with Gasteiger partial charge in [0.05, 0.1) is 6.61 Å². The van der Waals surface area contributed by atoms with Crippen LogP contribution in [-0.4, -0.2) is 28.8 Å². The lowest BCUT2D eigenvalue weighted by Crippen LogP contribution is -2.43. The van der Waals surface area contributed by atoms with Gasteiger partial charge in [-0.1, -0.05) is 253 Å². The van der Waals surface area contributed by atoms with Gasteiger partial charge in [0.2, 0.25) is 0 Å². The molecule has 0 saturated heterocycles. The molecule has 1 aromatic rings. The smallest absolute Gasteiger partial charge is 0.323 e. The van der Waals surface area contributed by atoms with Gasteiger partial charge in [-0.15, -0.1) is 0 Å². The number of phenols is 1. The summed E-state index contributed by atoms with van der Waals surface area (Å²) in [4.78, 5) is 27.1. The monoisotopic (exact) mass is 799 g/mol. The van der Waals surface area contributed by atoms with Crippen LogP contribution in [0.3, 0.4) is 0 Å². The predicted molar refractivity (Wildman–Crippen MR) is 245 cm³/mol. The maximum absolute atomic E-state index is 13.9. The highest BCUT2D eigenvalue weighted by Gasteiger charge is 2.47. The minimum Gasteiger partial charge on any atom is -0.507 e. The molecule has 0 spiro atoms. The van der Waals surface area contributed by atoms with E-state index >= 15 is 0 Å². The van der Waals surface area contributed by atoms with Gasteiger partial charge < -0.3 is 14.9 Å². The first-order valence-electron chi connectivity index (χ1n) is 24.8. The van der Waals surface area contributed by atoms with E-state index in [0.717, 1.165) is 55.2 Å². The summed E-state index contributed by atoms with van der Waals surface area (Å²) in [5.74, 6) is -1.41. The van der Waals surface area contributed by atoms with Gasteiger partial charge in [-0.05, 0) is 47.8 Å². The van der Waals surface area contributed by atoms with Crippen molar-refractivity contribution in [3.8, 4) is 5.75 Å². The zero-order valence-corrected chi connectivity index (χ0v) is 38.7. The molecule has 0 bridgehead atoms. The van der Waals surface area contributed by atoms with Gasteiger partial charge in [0, 0.05) is 0 Å². The number of esters is 1. The van der Waals surface area contributed by atoms with E-state index in [1.807, 2.05) is 19.1 Å². The molecular weight excluding hydrogens is 705 g/mol. The normalized spacial score (nSPS) is 12.9. The fraction of sp³-hybridized carbons (Fsp3) is 0.846. The molecule has 0 aliphatic carbocycles. The topological polar surface area (TPSA) is 83.8 Å². The van der Waals surface area contributed by atoms with E-state index in [9.17, 15) is 19.8 Å². The molecule has 2 N–H and O–H groups in total. The van der Waals surface area contributed by atoms with Crippen LogP contribution >= 0.6 is 0 Å². The minimum absolute atomic E-state index is 0.0786. The number of carbonyl (C=O) groups excluding carboxylic acids is 1. The Morgan fingerprint density at radius 2 is 0.877 bits per heavy atom. The molecule has 0 radical (unpaired) electrons. The van der Waals surface area contributed by atoms with E-state index < -0.39 is 17.4 Å². The summed E-state index contributed by atoms with van der Waals surface area (Å²) in [6, 6.07) is 3.82. The first-order valence-corrected chi connectivity index (χ1v) is 24.8. The quantitative estimate of drug-likeness (QED) is 0.0394. The van der Waals surface area contributed by atoms with Crippen LogP contribution in [0, 0.1) is 5.41 Å². The van der Waals surface area contributed by atoms with E-state index in [-0.39, 0.29) is 30.6 Å². The Morgan fingerprint density at radius 1 is 0.526 bits per heavy atom. The fourth-order valence-electron chi connectivity index (χ4n) is 8.51. The average molecular weight is 799 g/mol. The van der Waals surface area contributed by atoms with Gasteiger partial charge in [0.1, 0.15) is 5.75 Å². The third-order valence-corrected chi connectivity index (χ3v) is 12.4. The highest BCUT2D eigenvalue weighted by molar-refractivity contribution is 5.99. The van der Waals surface area contributed by atoms with Crippen LogP contribution in [0.4, 0.5) is 0 Å². The van der Waals surface area contributed by atoms with Gasteiger partial charge in [0.15, 0.2) is 5.41 Å². The molecule has 0 fully saturated rings. The van der Waals surface area contributed by atoms with Crippen LogP contribution in [0.1, 0.15) is 270 Å². The number of hydrogen-bond acceptors (Lipinski definition) is 4. The van der Waals surface area contributed by atoms with Gasteiger partial charge in [-0.25, -0.2) is 0 Å². The maximum atomic E-state index is 13.9. The van der Waals surface area contributed by atoms with Crippen molar-refractivity contribution >= 4 is 11.9 Å². The van der Waals surface area contributed by atoms with E-state index in [1.165, 1.54) is 161 Å². The Balaban J connectivity index is 2.60. The molecule has 1 atom stereocenters. The summed E-state index contributed by atoms with van der Waals surface area (Å²) in [6.45, 7) is 13.0. The van der Waals surface area contributed by atoms with E-state index in [2.05, 4.69) is 34.6 Å². The fourth-order valence-corrected chi connectivity index (χ4v) is 8.51. The molecule has 332 valence electrons. The van der Waals surface area contributed by atoms with Crippen LogP contribution in [0.25, 0.3) is 0 Å². The highest BCUT2D eigenvalue weighted by Crippen LogP contribution is 2.39. The Hall–Kier alpha value is -2.04. The second-order valence-electron chi connectivity index (χ2n) is 18.8. The maximum Gasteiger partial charge on any atom is 0.323 e. The Kier molecular flexibility index (Phi) is 31.4. The van der Waals surface area contributed by atoms with Gasteiger partial charge in [-0.2, -0.15) is 0 Å². The number of aryl methyl sites for hydroxylation is 1. The lowest BCUT2D eigenvalue weighted by atomic mass is 9.75. The second-order valence-corrected chi connectivity index (χ2v) is 18.8. The number of ether oxygens (including phenoxy) is 1. The molecule has 1 aromatic carbocycles. The molecule has 57 heavy (non-hydrogen) atoms. The summed E-state index contributed by atoms with van der Waals surface area (Å²) in [7, 11) is 0. The molecule has 1 rings (SSSR count). The summed E-state index contributed by atoms with van der Waals surface area (Å²) in [5.41, 5.74) is 0.410. The number of phenolic OH excluding ortho intramolecular Hbond substituents is 1. The van der Waals surface area contributed by atoms with Crippen molar-refractivity contribution in [2.45, 2.75) is 272 Å². The van der Waals surface area contributed by atoms with Crippen molar-refractivity contribution < 1.29 is 24.5 Å². The number of carboxylic acid groups (broad SMARTS) is 1. The Morgan fingerprint density at radius 3 is 1.21 bits per heavy atom. The molecule has 1 unspecified atom stereocenters. The van der Waals surface area contributed by atoms with E-state index in [4.69, 9.17) is 4.74 Å². The molecule has 0 aliphatic heterocycles. The molecule has 0 aliphatic rings. The van der Waals surface area contributed by atoms with Crippen molar-refractivity contribution in [2.75, 3.05) is 6.61 Å². The number of benzene rings is 1. The van der Waals surface area contributed by atoms with Crippen molar-refractivity contribution in [1.29, 1.82) is 0 Å². The third kappa shape index (κ3) is 24.6. The van der Waals surface area contributed by atoms with Crippen LogP contribution in [0.2, 0.25) is 0 Å². The van der Waals surface area contributed by atoms with Gasteiger partial charge >= 0.3 is 11.9 Å². The first kappa shape index (κ1) is 53.0. The predicted octanol–water partition coefficient (Wildman–Crippen LogP) is 16.3. The van der Waals surface area contributed by atoms with Gasteiger partial charge in [-0.3, -0.25) is 9.59 Å². The Bertz CT molecular complexity index is 1140. The molecule has 0 saturated carbocycles. The zero-order valence-electron chi connectivity index (χ0n) is 38.7. The van der Waals surface area contributed by atoms with Crippen molar-refractivity contribution in [2.24, 2.45) is 5.41 Å². The number of unbranched alkanes of at least 4 members (excludes halogenated alkanes) is 30. The Labute approximate surface area is 353 Å². The third-order valence-electron chi connectivity index (χ3n) is 12.4. The molecule has 5 nitrogen and oxygen atoms in total. The number of rotatable bonds is 39. The van der Waals surface area contributed by atoms with Crippen LogP contribution in [0.5, 0.6) is 5.75 Å². The lowest BCUT2D eigenvalue weighted by Gasteiger charge is -2.29. The van der Waals surface area contributed by atoms with E-state index in [0.29, 0.717) is 12.8 Å². The average Bonchev–Trinajstić information content (AvgIpc) is 3.18. The van der Waals surface area contributed by atoms with Crippen molar-refractivity contribution in [3.05, 3.63) is 28.8 Å². The number of carboxylic acids is 1.